The molecule has 0 bridgehead atoms. The van der Waals surface area contributed by atoms with Crippen molar-refractivity contribution in [3.05, 3.63) is 83.4 Å². The molecule has 22 heavy (non-hydrogen) atoms. The molecule has 0 fully saturated rings. The van der Waals surface area contributed by atoms with Crippen LogP contribution in [0.25, 0.3) is 0 Å². The molecule has 0 spiro atoms. The monoisotopic (exact) mass is 300 g/mol. The zero-order valence-corrected chi connectivity index (χ0v) is 12.0. The van der Waals surface area contributed by atoms with E-state index < -0.39 is 11.7 Å². The molecular weight excluding hydrogens is 285 g/mol. The van der Waals surface area contributed by atoms with Crippen LogP contribution in [-0.4, -0.2) is 0 Å². The molecule has 0 saturated heterocycles. The first-order valence-corrected chi connectivity index (χ1v) is 6.88. The minimum atomic E-state index is -4.31. The highest BCUT2D eigenvalue weighted by Crippen LogP contribution is 2.28. The lowest BCUT2D eigenvalue weighted by atomic mass is 10.1. The summed E-state index contributed by atoms with van der Waals surface area (Å²) in [5.74, 6) is 5.82. The number of allylic oxidation sites excluding steroid dienone is 1. The molecule has 2 rings (SSSR count). The van der Waals surface area contributed by atoms with Gasteiger partial charge in [0.1, 0.15) is 0 Å². The molecule has 112 valence electrons. The van der Waals surface area contributed by atoms with Crippen LogP contribution in [0.2, 0.25) is 0 Å². The molecule has 0 radical (unpaired) electrons. The molecule has 3 heteroatoms. The number of halogens is 3. The van der Waals surface area contributed by atoms with Gasteiger partial charge < -0.3 is 0 Å². The fourth-order valence-corrected chi connectivity index (χ4v) is 1.91. The van der Waals surface area contributed by atoms with E-state index in [0.717, 1.165) is 30.5 Å². The summed E-state index contributed by atoms with van der Waals surface area (Å²) in [5.41, 5.74) is 1.94. The van der Waals surface area contributed by atoms with E-state index in [-0.39, 0.29) is 0 Å². The van der Waals surface area contributed by atoms with Gasteiger partial charge in [0.05, 0.1) is 5.56 Å². The van der Waals surface area contributed by atoms with E-state index in [1.54, 1.807) is 0 Å². The van der Waals surface area contributed by atoms with E-state index in [4.69, 9.17) is 0 Å². The Kier molecular flexibility index (Phi) is 5.06. The van der Waals surface area contributed by atoms with E-state index >= 15 is 0 Å². The maximum absolute atomic E-state index is 12.5. The van der Waals surface area contributed by atoms with Crippen molar-refractivity contribution in [2.75, 3.05) is 0 Å². The summed E-state index contributed by atoms with van der Waals surface area (Å²) in [6, 6.07) is 12.7. The van der Waals surface area contributed by atoms with Crippen LogP contribution in [0.5, 0.6) is 0 Å². The molecule has 0 aliphatic rings. The average molecular weight is 300 g/mol. The summed E-state index contributed by atoms with van der Waals surface area (Å²) in [5, 5.41) is 0. The number of benzene rings is 2. The molecule has 0 nitrogen and oxygen atoms in total. The van der Waals surface area contributed by atoms with Gasteiger partial charge in [-0.25, -0.2) is 0 Å². The Hall–Kier alpha value is -2.47. The van der Waals surface area contributed by atoms with Crippen LogP contribution in [0.15, 0.2) is 61.2 Å². The largest absolute Gasteiger partial charge is 0.416 e. The van der Waals surface area contributed by atoms with Crippen molar-refractivity contribution in [1.29, 1.82) is 0 Å². The first-order valence-electron chi connectivity index (χ1n) is 6.88. The third kappa shape index (κ3) is 4.53. The standard InChI is InChI=1S/C19H15F3/c1-2-3-4-15-5-7-16(8-6-15)9-10-17-11-13-18(14-12-17)19(20,21)22/h2,5-8,11-14H,1,3-4H2. The Labute approximate surface area is 128 Å². The summed E-state index contributed by atoms with van der Waals surface area (Å²) in [4.78, 5) is 0. The molecule has 0 N–H and O–H groups in total. The van der Waals surface area contributed by atoms with Crippen LogP contribution in [0, 0.1) is 11.8 Å². The van der Waals surface area contributed by atoms with Crippen molar-refractivity contribution >= 4 is 0 Å². The van der Waals surface area contributed by atoms with E-state index in [1.165, 1.54) is 17.7 Å². The summed E-state index contributed by atoms with van der Waals surface area (Å²) in [7, 11) is 0. The highest BCUT2D eigenvalue weighted by atomic mass is 19.4. The normalized spacial score (nSPS) is 10.7. The van der Waals surface area contributed by atoms with Crippen molar-refractivity contribution in [3.63, 3.8) is 0 Å². The predicted octanol–water partition coefficient (Wildman–Crippen LogP) is 5.22. The first-order chi connectivity index (χ1) is 10.5. The Morgan fingerprint density at radius 1 is 0.864 bits per heavy atom. The van der Waals surface area contributed by atoms with E-state index in [9.17, 15) is 13.2 Å². The molecule has 2 aromatic carbocycles. The van der Waals surface area contributed by atoms with E-state index in [2.05, 4.69) is 18.4 Å². The Morgan fingerprint density at radius 2 is 1.36 bits per heavy atom. The lowest BCUT2D eigenvalue weighted by Gasteiger charge is -2.05. The fourth-order valence-electron chi connectivity index (χ4n) is 1.91. The van der Waals surface area contributed by atoms with Gasteiger partial charge >= 0.3 is 6.18 Å². The van der Waals surface area contributed by atoms with E-state index in [0.29, 0.717) is 5.56 Å². The van der Waals surface area contributed by atoms with Crippen LogP contribution in [0.1, 0.15) is 28.7 Å². The van der Waals surface area contributed by atoms with Crippen molar-refractivity contribution in [2.45, 2.75) is 19.0 Å². The molecule has 0 aromatic heterocycles. The maximum atomic E-state index is 12.5. The molecule has 0 aliphatic carbocycles. The number of aryl methyl sites for hydroxylation is 1. The molecule has 0 amide bonds. The van der Waals surface area contributed by atoms with E-state index in [1.807, 2.05) is 30.3 Å². The number of alkyl halides is 3. The molecule has 0 heterocycles. The lowest BCUT2D eigenvalue weighted by Crippen LogP contribution is -2.04. The molecule has 0 aliphatic heterocycles. The molecule has 2 aromatic rings. The van der Waals surface area contributed by atoms with Gasteiger partial charge in [-0.15, -0.1) is 6.58 Å². The van der Waals surface area contributed by atoms with Crippen LogP contribution >= 0.6 is 0 Å². The van der Waals surface area contributed by atoms with Crippen molar-refractivity contribution in [3.8, 4) is 11.8 Å². The van der Waals surface area contributed by atoms with Gasteiger partial charge in [0.15, 0.2) is 0 Å². The first kappa shape index (κ1) is 15.9. The third-order valence-corrected chi connectivity index (χ3v) is 3.15. The Balaban J connectivity index is 2.08. The van der Waals surface area contributed by atoms with Gasteiger partial charge in [0.2, 0.25) is 0 Å². The summed E-state index contributed by atoms with van der Waals surface area (Å²) < 4.78 is 37.4. The second kappa shape index (κ2) is 7.00. The highest BCUT2D eigenvalue weighted by Gasteiger charge is 2.29. The van der Waals surface area contributed by atoms with Crippen LogP contribution in [-0.2, 0) is 12.6 Å². The second-order valence-corrected chi connectivity index (χ2v) is 4.85. The van der Waals surface area contributed by atoms with Crippen molar-refractivity contribution in [1.82, 2.24) is 0 Å². The highest BCUT2D eigenvalue weighted by molar-refractivity contribution is 5.44. The van der Waals surface area contributed by atoms with Crippen molar-refractivity contribution < 1.29 is 13.2 Å². The maximum Gasteiger partial charge on any atom is 0.416 e. The second-order valence-electron chi connectivity index (χ2n) is 4.85. The van der Waals surface area contributed by atoms with Crippen LogP contribution in [0.3, 0.4) is 0 Å². The van der Waals surface area contributed by atoms with Gasteiger partial charge in [-0.05, 0) is 54.8 Å². The number of hydrogen-bond donors (Lipinski definition) is 0. The summed E-state index contributed by atoms with van der Waals surface area (Å²) >= 11 is 0. The van der Waals surface area contributed by atoms with Gasteiger partial charge in [0.25, 0.3) is 0 Å². The van der Waals surface area contributed by atoms with Gasteiger partial charge in [-0.3, -0.25) is 0 Å². The van der Waals surface area contributed by atoms with Crippen LogP contribution < -0.4 is 0 Å². The van der Waals surface area contributed by atoms with Crippen molar-refractivity contribution in [2.24, 2.45) is 0 Å². The SMILES string of the molecule is C=CCCc1ccc(C#Cc2ccc(C(F)(F)F)cc2)cc1. The Morgan fingerprint density at radius 3 is 1.82 bits per heavy atom. The summed E-state index contributed by atoms with van der Waals surface area (Å²) in [6.45, 7) is 3.68. The summed E-state index contributed by atoms with van der Waals surface area (Å²) in [6.07, 6.45) is -0.571. The lowest BCUT2D eigenvalue weighted by molar-refractivity contribution is -0.137. The van der Waals surface area contributed by atoms with Gasteiger partial charge in [-0.1, -0.05) is 30.0 Å². The minimum absolute atomic E-state index is 0.559. The zero-order chi connectivity index (χ0) is 16.0. The smallest absolute Gasteiger partial charge is 0.166 e. The molecule has 0 unspecified atom stereocenters. The number of hydrogen-bond acceptors (Lipinski definition) is 0. The Bertz CT molecular complexity index is 681. The zero-order valence-electron chi connectivity index (χ0n) is 12.0. The fraction of sp³-hybridized carbons (Fsp3) is 0.158. The molecule has 0 atom stereocenters. The topological polar surface area (TPSA) is 0 Å². The third-order valence-electron chi connectivity index (χ3n) is 3.15. The van der Waals surface area contributed by atoms with Gasteiger partial charge in [0, 0.05) is 11.1 Å². The number of rotatable bonds is 3. The van der Waals surface area contributed by atoms with Crippen LogP contribution in [0.4, 0.5) is 13.2 Å². The molecule has 0 saturated carbocycles. The predicted molar refractivity (Wildman–Crippen MR) is 82.4 cm³/mol. The quantitative estimate of drug-likeness (QED) is 0.538. The average Bonchev–Trinajstić information content (AvgIpc) is 2.51. The van der Waals surface area contributed by atoms with Gasteiger partial charge in [-0.2, -0.15) is 13.2 Å². The minimum Gasteiger partial charge on any atom is -0.166 e. The molecular formula is C19H15F3.